The maximum atomic E-state index is 10.9. The Hall–Kier alpha value is -1.47. The molecule has 1 aromatic heterocycles. The predicted molar refractivity (Wildman–Crippen MR) is 72.7 cm³/mol. The van der Waals surface area contributed by atoms with Crippen LogP contribution in [0.2, 0.25) is 0 Å². The van der Waals surface area contributed by atoms with E-state index in [1.54, 1.807) is 11.8 Å². The van der Waals surface area contributed by atoms with E-state index in [1.807, 2.05) is 0 Å². The number of hydrogen-bond acceptors (Lipinski definition) is 5. The summed E-state index contributed by atoms with van der Waals surface area (Å²) < 4.78 is 6.84. The average molecular weight is 282 g/mol. The quantitative estimate of drug-likeness (QED) is 0.811. The van der Waals surface area contributed by atoms with Crippen LogP contribution < -0.4 is 5.32 Å². The van der Waals surface area contributed by atoms with Crippen molar-refractivity contribution < 1.29 is 14.6 Å². The first-order valence-electron chi connectivity index (χ1n) is 7.02. The second-order valence-electron chi connectivity index (χ2n) is 5.37. The third-order valence-electron chi connectivity index (χ3n) is 3.71. The lowest BCUT2D eigenvalue weighted by molar-refractivity contribution is 0.0690. The summed E-state index contributed by atoms with van der Waals surface area (Å²) in [7, 11) is 1.69. The van der Waals surface area contributed by atoms with Crippen LogP contribution in [0.4, 0.5) is 0 Å². The summed E-state index contributed by atoms with van der Waals surface area (Å²) in [6.07, 6.45) is 5.87. The molecule has 0 radical (unpaired) electrons. The molecule has 7 heteroatoms. The first kappa shape index (κ1) is 14.9. The zero-order valence-corrected chi connectivity index (χ0v) is 12.0. The molecule has 1 fully saturated rings. The van der Waals surface area contributed by atoms with Gasteiger partial charge in [0, 0.05) is 19.2 Å². The van der Waals surface area contributed by atoms with E-state index in [1.165, 1.54) is 12.6 Å². The molecule has 1 aromatic rings. The number of carbonyl (C=O) groups is 1. The molecule has 1 saturated carbocycles. The molecule has 7 nitrogen and oxygen atoms in total. The maximum Gasteiger partial charge on any atom is 0.358 e. The summed E-state index contributed by atoms with van der Waals surface area (Å²) in [6, 6.07) is 0.689. The van der Waals surface area contributed by atoms with Crippen molar-refractivity contribution in [2.24, 2.45) is 0 Å². The van der Waals surface area contributed by atoms with Crippen molar-refractivity contribution in [2.75, 3.05) is 13.7 Å². The van der Waals surface area contributed by atoms with Crippen molar-refractivity contribution in [3.05, 3.63) is 11.9 Å². The topological polar surface area (TPSA) is 89.3 Å². The van der Waals surface area contributed by atoms with Gasteiger partial charge in [-0.15, -0.1) is 5.10 Å². The van der Waals surface area contributed by atoms with E-state index in [4.69, 9.17) is 9.84 Å². The van der Waals surface area contributed by atoms with Crippen LogP contribution in [0.25, 0.3) is 0 Å². The third kappa shape index (κ3) is 3.55. The summed E-state index contributed by atoms with van der Waals surface area (Å²) in [4.78, 5) is 10.9. The fourth-order valence-corrected chi connectivity index (χ4v) is 2.82. The van der Waals surface area contributed by atoms with Crippen molar-refractivity contribution >= 4 is 5.97 Å². The van der Waals surface area contributed by atoms with Crippen molar-refractivity contribution in [1.29, 1.82) is 0 Å². The fraction of sp³-hybridized carbons (Fsp3) is 0.769. The number of methoxy groups -OCH3 is 1. The molecule has 1 heterocycles. The second kappa shape index (κ2) is 6.81. The van der Waals surface area contributed by atoms with Gasteiger partial charge in [-0.25, -0.2) is 9.48 Å². The normalized spacial score (nSPS) is 24.5. The lowest BCUT2D eigenvalue weighted by atomic mass is 9.90. The highest BCUT2D eigenvalue weighted by atomic mass is 16.5. The van der Waals surface area contributed by atoms with Gasteiger partial charge in [-0.05, 0) is 19.8 Å². The highest BCUT2D eigenvalue weighted by molar-refractivity contribution is 5.84. The number of nitrogens with zero attached hydrogens (tertiary/aromatic N) is 3. The standard InChI is InChI=1S/C13H22N4O3/c1-9(8-20-2)14-10-5-3-4-6-12(10)17-7-11(13(18)19)15-16-17/h7,9-10,12,14H,3-6,8H2,1-2H3,(H,18,19)/t9?,10-,12+/m1/s1. The monoisotopic (exact) mass is 282 g/mol. The molecule has 20 heavy (non-hydrogen) atoms. The van der Waals surface area contributed by atoms with E-state index in [-0.39, 0.29) is 23.8 Å². The van der Waals surface area contributed by atoms with Gasteiger partial charge in [0.1, 0.15) is 0 Å². The summed E-state index contributed by atoms with van der Waals surface area (Å²) >= 11 is 0. The lowest BCUT2D eigenvalue weighted by Crippen LogP contribution is -2.45. The average Bonchev–Trinajstić information content (AvgIpc) is 2.89. The van der Waals surface area contributed by atoms with Crippen LogP contribution in [0.5, 0.6) is 0 Å². The number of hydrogen-bond donors (Lipinski definition) is 2. The van der Waals surface area contributed by atoms with Crippen LogP contribution in [-0.2, 0) is 4.74 Å². The summed E-state index contributed by atoms with van der Waals surface area (Å²) in [5.74, 6) is -1.04. The molecule has 0 aromatic carbocycles. The van der Waals surface area contributed by atoms with Crippen molar-refractivity contribution in [1.82, 2.24) is 20.3 Å². The van der Waals surface area contributed by atoms with Crippen molar-refractivity contribution in [2.45, 2.75) is 50.7 Å². The minimum atomic E-state index is -1.04. The van der Waals surface area contributed by atoms with Crippen LogP contribution >= 0.6 is 0 Å². The fourth-order valence-electron chi connectivity index (χ4n) is 2.82. The van der Waals surface area contributed by atoms with E-state index in [2.05, 4.69) is 22.6 Å². The van der Waals surface area contributed by atoms with Gasteiger partial charge in [0.05, 0.1) is 18.8 Å². The van der Waals surface area contributed by atoms with Crippen LogP contribution in [0, 0.1) is 0 Å². The van der Waals surface area contributed by atoms with Gasteiger partial charge < -0.3 is 15.2 Å². The molecule has 0 spiro atoms. The summed E-state index contributed by atoms with van der Waals surface area (Å²) in [5, 5.41) is 20.2. The first-order valence-corrected chi connectivity index (χ1v) is 7.02. The van der Waals surface area contributed by atoms with Crippen LogP contribution in [0.15, 0.2) is 6.20 Å². The Bertz CT molecular complexity index is 449. The van der Waals surface area contributed by atoms with Crippen LogP contribution in [0.1, 0.15) is 49.1 Å². The summed E-state index contributed by atoms with van der Waals surface area (Å²) in [6.45, 7) is 2.74. The van der Waals surface area contributed by atoms with Gasteiger partial charge in [-0.3, -0.25) is 0 Å². The minimum Gasteiger partial charge on any atom is -0.476 e. The van der Waals surface area contributed by atoms with Gasteiger partial charge >= 0.3 is 5.97 Å². The largest absolute Gasteiger partial charge is 0.476 e. The Morgan fingerprint density at radius 1 is 1.60 bits per heavy atom. The molecular formula is C13H22N4O3. The van der Waals surface area contributed by atoms with Gasteiger partial charge in [0.25, 0.3) is 0 Å². The first-order chi connectivity index (χ1) is 9.61. The number of rotatable bonds is 6. The third-order valence-corrected chi connectivity index (χ3v) is 3.71. The summed E-state index contributed by atoms with van der Waals surface area (Å²) in [5.41, 5.74) is -0.000682. The molecule has 2 rings (SSSR count). The molecule has 1 aliphatic rings. The van der Waals surface area contributed by atoms with E-state index < -0.39 is 5.97 Å². The highest BCUT2D eigenvalue weighted by Crippen LogP contribution is 2.28. The van der Waals surface area contributed by atoms with Gasteiger partial charge in [-0.2, -0.15) is 0 Å². The van der Waals surface area contributed by atoms with Crippen molar-refractivity contribution in [3.63, 3.8) is 0 Å². The Labute approximate surface area is 118 Å². The number of ether oxygens (including phenoxy) is 1. The molecular weight excluding hydrogens is 260 g/mol. The Morgan fingerprint density at radius 2 is 2.35 bits per heavy atom. The molecule has 2 N–H and O–H groups in total. The van der Waals surface area contributed by atoms with Crippen LogP contribution in [0.3, 0.4) is 0 Å². The van der Waals surface area contributed by atoms with E-state index in [0.717, 1.165) is 19.3 Å². The zero-order chi connectivity index (χ0) is 14.5. The number of carboxylic acid groups (broad SMARTS) is 1. The molecule has 112 valence electrons. The predicted octanol–water partition coefficient (Wildman–Crippen LogP) is 1.08. The second-order valence-corrected chi connectivity index (χ2v) is 5.37. The number of nitrogens with one attached hydrogen (secondary N) is 1. The van der Waals surface area contributed by atoms with Gasteiger partial charge in [-0.1, -0.05) is 18.1 Å². The van der Waals surface area contributed by atoms with E-state index in [9.17, 15) is 4.79 Å². The number of aromatic nitrogens is 3. The molecule has 1 aliphatic carbocycles. The molecule has 0 saturated heterocycles. The lowest BCUT2D eigenvalue weighted by Gasteiger charge is -2.34. The van der Waals surface area contributed by atoms with Crippen LogP contribution in [-0.4, -0.2) is 51.9 Å². The molecule has 0 bridgehead atoms. The highest BCUT2D eigenvalue weighted by Gasteiger charge is 2.29. The SMILES string of the molecule is COCC(C)N[C@@H]1CCCC[C@@H]1n1cc(C(=O)O)nn1. The molecule has 0 aliphatic heterocycles. The van der Waals surface area contributed by atoms with E-state index in [0.29, 0.717) is 6.61 Å². The Morgan fingerprint density at radius 3 is 3.00 bits per heavy atom. The van der Waals surface area contributed by atoms with Gasteiger partial charge in [0.15, 0.2) is 5.69 Å². The Balaban J connectivity index is 2.07. The minimum absolute atomic E-state index is 0.000682. The molecule has 0 amide bonds. The smallest absolute Gasteiger partial charge is 0.358 e. The molecule has 3 atom stereocenters. The Kier molecular flexibility index (Phi) is 5.08. The number of aromatic carboxylic acids is 1. The van der Waals surface area contributed by atoms with Gasteiger partial charge in [0.2, 0.25) is 0 Å². The maximum absolute atomic E-state index is 10.9. The van der Waals surface area contributed by atoms with E-state index >= 15 is 0 Å². The molecule has 1 unspecified atom stereocenters. The number of carboxylic acids is 1. The van der Waals surface area contributed by atoms with Crippen molar-refractivity contribution in [3.8, 4) is 0 Å². The zero-order valence-electron chi connectivity index (χ0n) is 12.0.